The number of rotatable bonds is 5. The number of likely N-dealkylation sites (N-methyl/N-ethyl adjacent to an activating group) is 1. The van der Waals surface area contributed by atoms with Crippen LogP contribution in [0.5, 0.6) is 11.5 Å². The molecule has 26 heavy (non-hydrogen) atoms. The SMILES string of the molecule is COc1ccc(OC)c(C2C(C(=O)c3ccc(C)o3)=C(O)C(=O)N2C)c1. The average molecular weight is 357 g/mol. The predicted molar refractivity (Wildman–Crippen MR) is 92.5 cm³/mol. The van der Waals surface area contributed by atoms with Gasteiger partial charge >= 0.3 is 0 Å². The zero-order valence-corrected chi connectivity index (χ0v) is 14.9. The molecule has 7 nitrogen and oxygen atoms in total. The molecule has 1 N–H and O–H groups in total. The molecule has 7 heteroatoms. The van der Waals surface area contributed by atoms with Crippen molar-refractivity contribution in [1.82, 2.24) is 4.90 Å². The Morgan fingerprint density at radius 2 is 1.92 bits per heavy atom. The summed E-state index contributed by atoms with van der Waals surface area (Å²) in [5.74, 6) is -0.184. The Hall–Kier alpha value is -3.22. The summed E-state index contributed by atoms with van der Waals surface area (Å²) < 4.78 is 16.0. The average Bonchev–Trinajstić information content (AvgIpc) is 3.17. The van der Waals surface area contributed by atoms with E-state index in [9.17, 15) is 14.7 Å². The van der Waals surface area contributed by atoms with Crippen molar-refractivity contribution in [2.75, 3.05) is 21.3 Å². The first-order valence-electron chi connectivity index (χ1n) is 7.92. The number of ketones is 1. The third kappa shape index (κ3) is 2.71. The number of methoxy groups -OCH3 is 2. The van der Waals surface area contributed by atoms with Gasteiger partial charge in [0.1, 0.15) is 17.3 Å². The first-order chi connectivity index (χ1) is 12.4. The van der Waals surface area contributed by atoms with Crippen LogP contribution in [0, 0.1) is 6.92 Å². The molecular formula is C19H19NO6. The summed E-state index contributed by atoms with van der Waals surface area (Å²) in [5.41, 5.74) is 0.469. The molecular weight excluding hydrogens is 338 g/mol. The van der Waals surface area contributed by atoms with Crippen molar-refractivity contribution in [2.45, 2.75) is 13.0 Å². The minimum absolute atomic E-state index is 0.0546. The summed E-state index contributed by atoms with van der Waals surface area (Å²) in [6.07, 6.45) is 0. The lowest BCUT2D eigenvalue weighted by molar-refractivity contribution is -0.128. The summed E-state index contributed by atoms with van der Waals surface area (Å²) in [7, 11) is 4.51. The Morgan fingerprint density at radius 1 is 1.19 bits per heavy atom. The molecule has 0 fully saturated rings. The molecule has 1 amide bonds. The van der Waals surface area contributed by atoms with Gasteiger partial charge in [0, 0.05) is 12.6 Å². The quantitative estimate of drug-likeness (QED) is 0.828. The maximum Gasteiger partial charge on any atom is 0.289 e. The van der Waals surface area contributed by atoms with Crippen LogP contribution in [0.15, 0.2) is 46.1 Å². The molecule has 0 bridgehead atoms. The second kappa shape index (κ2) is 6.59. The number of hydrogen-bond acceptors (Lipinski definition) is 6. The summed E-state index contributed by atoms with van der Waals surface area (Å²) >= 11 is 0. The van der Waals surface area contributed by atoms with Crippen LogP contribution in [-0.4, -0.2) is 43.0 Å². The molecule has 1 aromatic carbocycles. The highest BCUT2D eigenvalue weighted by Crippen LogP contribution is 2.42. The van der Waals surface area contributed by atoms with Crippen LogP contribution in [0.4, 0.5) is 0 Å². The van der Waals surface area contributed by atoms with E-state index in [1.807, 2.05) is 0 Å². The van der Waals surface area contributed by atoms with E-state index in [0.29, 0.717) is 22.8 Å². The number of carbonyl (C=O) groups is 2. The van der Waals surface area contributed by atoms with Gasteiger partial charge in [-0.25, -0.2) is 0 Å². The second-order valence-corrected chi connectivity index (χ2v) is 5.93. The van der Waals surface area contributed by atoms with E-state index in [1.165, 1.54) is 32.2 Å². The molecule has 3 rings (SSSR count). The monoisotopic (exact) mass is 357 g/mol. The largest absolute Gasteiger partial charge is 0.503 e. The van der Waals surface area contributed by atoms with Crippen molar-refractivity contribution in [3.05, 3.63) is 58.7 Å². The molecule has 0 radical (unpaired) electrons. The molecule has 1 aromatic heterocycles. The molecule has 0 aliphatic carbocycles. The van der Waals surface area contributed by atoms with Gasteiger partial charge in [-0.3, -0.25) is 9.59 Å². The Bertz CT molecular complexity index is 911. The summed E-state index contributed by atoms with van der Waals surface area (Å²) in [5, 5.41) is 10.3. The number of ether oxygens (including phenoxy) is 2. The number of nitrogens with zero attached hydrogens (tertiary/aromatic N) is 1. The molecule has 2 aromatic rings. The van der Waals surface area contributed by atoms with Crippen molar-refractivity contribution >= 4 is 11.7 Å². The lowest BCUT2D eigenvalue weighted by Gasteiger charge is -2.24. The van der Waals surface area contributed by atoms with E-state index in [1.54, 1.807) is 31.2 Å². The number of benzene rings is 1. The van der Waals surface area contributed by atoms with Crippen LogP contribution in [0.1, 0.15) is 27.9 Å². The van der Waals surface area contributed by atoms with Crippen LogP contribution in [0.25, 0.3) is 0 Å². The van der Waals surface area contributed by atoms with Gasteiger partial charge in [0.2, 0.25) is 5.78 Å². The van der Waals surface area contributed by atoms with Gasteiger partial charge < -0.3 is 23.9 Å². The Kier molecular flexibility index (Phi) is 4.46. The van der Waals surface area contributed by atoms with Crippen molar-refractivity contribution in [3.8, 4) is 11.5 Å². The van der Waals surface area contributed by atoms with E-state index in [0.717, 1.165) is 0 Å². The number of amides is 1. The van der Waals surface area contributed by atoms with Gasteiger partial charge in [0.05, 0.1) is 25.8 Å². The first kappa shape index (κ1) is 17.6. The van der Waals surface area contributed by atoms with Gasteiger partial charge in [0.25, 0.3) is 5.91 Å². The Balaban J connectivity index is 2.16. The fourth-order valence-corrected chi connectivity index (χ4v) is 3.06. The predicted octanol–water partition coefficient (Wildman–Crippen LogP) is 2.81. The van der Waals surface area contributed by atoms with E-state index < -0.39 is 23.5 Å². The number of aliphatic hydroxyl groups is 1. The molecule has 2 heterocycles. The summed E-state index contributed by atoms with van der Waals surface area (Å²) in [4.78, 5) is 26.6. The van der Waals surface area contributed by atoms with Gasteiger partial charge in [-0.2, -0.15) is 0 Å². The number of hydrogen-bond donors (Lipinski definition) is 1. The lowest BCUT2D eigenvalue weighted by atomic mass is 9.94. The van der Waals surface area contributed by atoms with Crippen molar-refractivity contribution in [1.29, 1.82) is 0 Å². The van der Waals surface area contributed by atoms with E-state index in [4.69, 9.17) is 13.9 Å². The third-order valence-corrected chi connectivity index (χ3v) is 4.38. The van der Waals surface area contributed by atoms with E-state index in [2.05, 4.69) is 0 Å². The van der Waals surface area contributed by atoms with Crippen LogP contribution in [0.3, 0.4) is 0 Å². The molecule has 136 valence electrons. The standard InChI is InChI=1S/C19H19NO6/c1-10-5-7-14(26-10)17(21)15-16(20(2)19(23)18(15)22)12-9-11(24-3)6-8-13(12)25-4/h5-9,16,22H,1-4H3. The second-order valence-electron chi connectivity index (χ2n) is 5.93. The maximum absolute atomic E-state index is 12.9. The summed E-state index contributed by atoms with van der Waals surface area (Å²) in [6, 6.07) is 7.39. The number of furan rings is 1. The minimum atomic E-state index is -0.828. The fourth-order valence-electron chi connectivity index (χ4n) is 3.06. The van der Waals surface area contributed by atoms with Gasteiger partial charge in [-0.15, -0.1) is 0 Å². The van der Waals surface area contributed by atoms with E-state index in [-0.39, 0.29) is 11.3 Å². The van der Waals surface area contributed by atoms with Crippen molar-refractivity contribution in [2.24, 2.45) is 0 Å². The number of Topliss-reactive ketones (excluding diaryl/α,β-unsaturated/α-hetero) is 1. The van der Waals surface area contributed by atoms with Crippen LogP contribution in [-0.2, 0) is 4.79 Å². The third-order valence-electron chi connectivity index (χ3n) is 4.38. The summed E-state index contributed by atoms with van der Waals surface area (Å²) in [6.45, 7) is 1.71. The normalized spacial score (nSPS) is 17.0. The number of aliphatic hydroxyl groups excluding tert-OH is 1. The number of aryl methyl sites for hydroxylation is 1. The topological polar surface area (TPSA) is 89.2 Å². The zero-order valence-electron chi connectivity index (χ0n) is 14.9. The van der Waals surface area contributed by atoms with Gasteiger partial charge in [-0.05, 0) is 37.3 Å². The lowest BCUT2D eigenvalue weighted by Crippen LogP contribution is -2.27. The highest BCUT2D eigenvalue weighted by molar-refractivity contribution is 6.15. The van der Waals surface area contributed by atoms with Gasteiger partial charge in [0.15, 0.2) is 11.5 Å². The zero-order chi connectivity index (χ0) is 19.0. The molecule has 1 aliphatic heterocycles. The van der Waals surface area contributed by atoms with Gasteiger partial charge in [-0.1, -0.05) is 0 Å². The van der Waals surface area contributed by atoms with Crippen LogP contribution in [0.2, 0.25) is 0 Å². The minimum Gasteiger partial charge on any atom is -0.503 e. The molecule has 1 aliphatic rings. The number of carbonyl (C=O) groups excluding carboxylic acids is 2. The maximum atomic E-state index is 12.9. The molecule has 0 spiro atoms. The first-order valence-corrected chi connectivity index (χ1v) is 7.92. The molecule has 1 atom stereocenters. The van der Waals surface area contributed by atoms with Crippen LogP contribution >= 0.6 is 0 Å². The smallest absolute Gasteiger partial charge is 0.289 e. The fraction of sp³-hybridized carbons (Fsp3) is 0.263. The Morgan fingerprint density at radius 3 is 2.50 bits per heavy atom. The molecule has 0 saturated carbocycles. The molecule has 1 unspecified atom stereocenters. The molecule has 0 saturated heterocycles. The van der Waals surface area contributed by atoms with Crippen molar-refractivity contribution in [3.63, 3.8) is 0 Å². The van der Waals surface area contributed by atoms with Crippen molar-refractivity contribution < 1.29 is 28.6 Å². The Labute approximate surface area is 150 Å². The highest BCUT2D eigenvalue weighted by atomic mass is 16.5. The highest BCUT2D eigenvalue weighted by Gasteiger charge is 2.44. The van der Waals surface area contributed by atoms with E-state index >= 15 is 0 Å². The van der Waals surface area contributed by atoms with Crippen LogP contribution < -0.4 is 9.47 Å².